The fraction of sp³-hybridized carbons (Fsp3) is 0. The van der Waals surface area contributed by atoms with Crippen LogP contribution < -0.4 is 0 Å². The molecular formula is C66H24F20N6. The van der Waals surface area contributed by atoms with Crippen LogP contribution in [0.3, 0.4) is 0 Å². The van der Waals surface area contributed by atoms with Crippen molar-refractivity contribution in [3.05, 3.63) is 247 Å². The van der Waals surface area contributed by atoms with E-state index in [1.807, 2.05) is 0 Å². The fourth-order valence-corrected chi connectivity index (χ4v) is 10.9. The maximum Gasteiger partial charge on any atom is 0.200 e. The van der Waals surface area contributed by atoms with Gasteiger partial charge in [-0.15, -0.1) is 0 Å². The standard InChI is InChI=1S/C66H24F20N6/c67-47-43(48(68)56(76)63(83)55(47)75)39-29-15-11-25(87-29)37(23-7-3-1-4-8-23)26-12-16-30(88-26)40(44-49(69)57(77)64(84)58(78)50(44)70)34-20-22-36(92-34)42(46-53(73)61(81)66(86)62(82)54(46)74)32-18-14-28(90-32)38(24-9-5-2-6-10-24)27-13-17-31(89-27)41(35-21-19-33(39)91-35)45-51(71)59(79)65(85)60(80)52(45)72/h1-22,87,90H. The zero-order chi connectivity index (χ0) is 65.2. The van der Waals surface area contributed by atoms with E-state index < -0.39 is 206 Å². The van der Waals surface area contributed by atoms with Crippen molar-refractivity contribution in [2.45, 2.75) is 0 Å². The number of aromatic nitrogens is 6. The van der Waals surface area contributed by atoms with Crippen molar-refractivity contribution in [1.82, 2.24) is 29.9 Å². The normalized spacial score (nSPS) is 12.4. The summed E-state index contributed by atoms with van der Waals surface area (Å²) in [5.74, 6) is -50.5. The van der Waals surface area contributed by atoms with Crippen molar-refractivity contribution in [2.75, 3.05) is 0 Å². The summed E-state index contributed by atoms with van der Waals surface area (Å²) in [6, 6.07) is 18.6. The molecule has 0 saturated heterocycles. The number of H-pyrrole nitrogens is 2. The Labute approximate surface area is 500 Å². The van der Waals surface area contributed by atoms with E-state index in [9.17, 15) is 17.6 Å². The Morgan fingerprint density at radius 2 is 0.348 bits per heavy atom. The number of halogens is 20. The van der Waals surface area contributed by atoms with Gasteiger partial charge in [0.25, 0.3) is 0 Å². The van der Waals surface area contributed by atoms with E-state index in [0.29, 0.717) is 0 Å². The van der Waals surface area contributed by atoms with Crippen LogP contribution in [0.2, 0.25) is 0 Å². The van der Waals surface area contributed by atoms with Crippen LogP contribution in [0.15, 0.2) is 84.9 Å². The lowest BCUT2D eigenvalue weighted by molar-refractivity contribution is 0.381. The predicted octanol–water partition coefficient (Wildman–Crippen LogP) is 19.4. The van der Waals surface area contributed by atoms with Gasteiger partial charge in [-0.1, -0.05) is 60.7 Å². The summed E-state index contributed by atoms with van der Waals surface area (Å²) in [7, 11) is 0. The average molecular weight is 1280 g/mol. The van der Waals surface area contributed by atoms with Gasteiger partial charge in [-0.2, -0.15) is 0 Å². The highest BCUT2D eigenvalue weighted by Crippen LogP contribution is 2.46. The maximum absolute atomic E-state index is 16.4. The van der Waals surface area contributed by atoms with E-state index in [2.05, 4.69) is 29.9 Å². The zero-order valence-electron chi connectivity index (χ0n) is 45.0. The summed E-state index contributed by atoms with van der Waals surface area (Å²) in [6.45, 7) is 0. The van der Waals surface area contributed by atoms with Crippen molar-refractivity contribution >= 4 is 70.7 Å². The van der Waals surface area contributed by atoms with E-state index in [-0.39, 0.29) is 44.7 Å². The van der Waals surface area contributed by atoms with Crippen LogP contribution in [-0.4, -0.2) is 29.9 Å². The first-order valence-electron chi connectivity index (χ1n) is 26.4. The molecule has 2 N–H and O–H groups in total. The largest absolute Gasteiger partial charge is 0.354 e. The van der Waals surface area contributed by atoms with Crippen LogP contribution in [0.25, 0.3) is 137 Å². The lowest BCUT2D eigenvalue weighted by Crippen LogP contribution is -2.06. The number of hydrogen-bond donors (Lipinski definition) is 2. The van der Waals surface area contributed by atoms with Crippen molar-refractivity contribution in [3.8, 4) is 66.8 Å². The van der Waals surface area contributed by atoms with E-state index in [1.165, 1.54) is 60.7 Å². The Kier molecular flexibility index (Phi) is 14.5. The van der Waals surface area contributed by atoms with Crippen LogP contribution in [0.5, 0.6) is 0 Å². The van der Waals surface area contributed by atoms with Gasteiger partial charge in [0.15, 0.2) is 93.1 Å². The van der Waals surface area contributed by atoms with Gasteiger partial charge in [0.05, 0.1) is 67.8 Å². The number of nitrogens with zero attached hydrogens (tertiary/aromatic N) is 4. The van der Waals surface area contributed by atoms with Gasteiger partial charge in [-0.05, 0) is 84.0 Å². The molecule has 0 saturated carbocycles. The van der Waals surface area contributed by atoms with Crippen LogP contribution in [0.4, 0.5) is 87.8 Å². The van der Waals surface area contributed by atoms with Crippen LogP contribution in [0.1, 0.15) is 45.6 Å². The molecule has 4 aliphatic rings. The molecule has 0 spiro atoms. The Morgan fingerprint density at radius 1 is 0.174 bits per heavy atom. The number of benzene rings is 6. The molecule has 0 fully saturated rings. The van der Waals surface area contributed by atoms with Crippen LogP contribution in [0, 0.1) is 116 Å². The Bertz CT molecular complexity index is 4840. The van der Waals surface area contributed by atoms with Gasteiger partial charge in [-0.3, -0.25) is 0 Å². The van der Waals surface area contributed by atoms with Gasteiger partial charge >= 0.3 is 0 Å². The van der Waals surface area contributed by atoms with E-state index in [4.69, 9.17) is 0 Å². The second-order valence-corrected chi connectivity index (χ2v) is 20.2. The molecule has 0 amide bonds. The quantitative estimate of drug-likeness (QED) is 0.0987. The average Bonchev–Trinajstić information content (AvgIpc) is 1.45. The summed E-state index contributed by atoms with van der Waals surface area (Å²) in [5, 5.41) is 0. The number of nitrogens with one attached hydrogen (secondary N) is 2. The van der Waals surface area contributed by atoms with Crippen molar-refractivity contribution in [2.24, 2.45) is 0 Å². The zero-order valence-corrected chi connectivity index (χ0v) is 45.0. The Balaban J connectivity index is 1.29. The molecule has 6 aromatic carbocycles. The monoisotopic (exact) mass is 1280 g/mol. The molecule has 3 aromatic heterocycles. The van der Waals surface area contributed by atoms with Crippen molar-refractivity contribution < 1.29 is 87.8 Å². The minimum Gasteiger partial charge on any atom is -0.354 e. The molecule has 0 radical (unpaired) electrons. The van der Waals surface area contributed by atoms with Crippen LogP contribution in [-0.2, 0) is 0 Å². The Hall–Kier alpha value is -11.2. The second-order valence-electron chi connectivity index (χ2n) is 20.2. The molecule has 9 aromatic rings. The highest BCUT2D eigenvalue weighted by atomic mass is 19.2. The van der Waals surface area contributed by atoms with E-state index in [1.54, 1.807) is 0 Å². The summed E-state index contributed by atoms with van der Waals surface area (Å²) in [6.07, 6.45) is 7.25. The van der Waals surface area contributed by atoms with E-state index >= 15 is 70.2 Å². The van der Waals surface area contributed by atoms with Gasteiger partial charge < -0.3 is 9.97 Å². The van der Waals surface area contributed by atoms with Gasteiger partial charge in [0, 0.05) is 55.4 Å². The number of aromatic amines is 2. The van der Waals surface area contributed by atoms with Gasteiger partial charge in [0.1, 0.15) is 0 Å². The molecule has 0 aliphatic carbocycles. The first-order valence-corrected chi connectivity index (χ1v) is 26.4. The fourth-order valence-electron chi connectivity index (χ4n) is 10.9. The number of rotatable bonds is 6. The highest BCUT2D eigenvalue weighted by Gasteiger charge is 2.36. The second kappa shape index (κ2) is 22.4. The highest BCUT2D eigenvalue weighted by molar-refractivity contribution is 6.01. The predicted molar refractivity (Wildman–Crippen MR) is 299 cm³/mol. The van der Waals surface area contributed by atoms with E-state index in [0.717, 1.165) is 72.9 Å². The molecule has 13 rings (SSSR count). The molecule has 0 unspecified atom stereocenters. The third kappa shape index (κ3) is 9.28. The molecule has 7 heterocycles. The minimum atomic E-state index is -2.64. The molecule has 0 atom stereocenters. The molecule has 92 heavy (non-hydrogen) atoms. The number of hydrogen-bond acceptors (Lipinski definition) is 4. The molecular weight excluding hydrogens is 1260 g/mol. The molecule has 4 aliphatic heterocycles. The first kappa shape index (κ1) is 59.8. The topological polar surface area (TPSA) is 83.1 Å². The molecule has 458 valence electrons. The summed E-state index contributed by atoms with van der Waals surface area (Å²) in [5.41, 5.74) is -18.5. The molecule has 6 nitrogen and oxygen atoms in total. The first-order chi connectivity index (χ1) is 44.0. The number of fused-ring (bicyclic) bond motifs is 12. The summed E-state index contributed by atoms with van der Waals surface area (Å²) in [4.78, 5) is 23.1. The third-order valence-electron chi connectivity index (χ3n) is 15.0. The minimum absolute atomic E-state index is 0.105. The van der Waals surface area contributed by atoms with Crippen molar-refractivity contribution in [1.29, 1.82) is 0 Å². The van der Waals surface area contributed by atoms with Gasteiger partial charge in [-0.25, -0.2) is 108 Å². The SMILES string of the molecule is Fc1c(F)c(F)c(-c2c3nc(c(-c4ccccc4)c4ccc([nH]4)c(-c4c(F)c(F)c(F)c(F)c4F)c4nc(c(-c5c(F)c(F)c(F)c(F)c5F)c5nc(c(-c6ccccc6)c6ccc([nH]6)c(-c6c(F)c(F)c(F)c(F)c6F)c6nc2C=C6)C=C5)C=C4)C=C3)c(F)c1F. The summed E-state index contributed by atoms with van der Waals surface area (Å²) >= 11 is 0. The lowest BCUT2D eigenvalue weighted by Gasteiger charge is -2.11. The summed E-state index contributed by atoms with van der Waals surface area (Å²) < 4.78 is 314. The Morgan fingerprint density at radius 3 is 0.576 bits per heavy atom. The lowest BCUT2D eigenvalue weighted by atomic mass is 10.00. The van der Waals surface area contributed by atoms with Crippen LogP contribution >= 0.6 is 0 Å². The molecule has 26 heteroatoms. The van der Waals surface area contributed by atoms with Gasteiger partial charge in [0.2, 0.25) is 23.3 Å². The van der Waals surface area contributed by atoms with Crippen molar-refractivity contribution in [3.63, 3.8) is 0 Å². The maximum atomic E-state index is 16.4. The smallest absolute Gasteiger partial charge is 0.200 e. The molecule has 12 bridgehead atoms. The third-order valence-corrected chi connectivity index (χ3v) is 15.0.